The van der Waals surface area contributed by atoms with Gasteiger partial charge in [-0.05, 0) is 24.1 Å². The van der Waals surface area contributed by atoms with Crippen LogP contribution in [0.5, 0.6) is 5.75 Å². The molecule has 0 radical (unpaired) electrons. The van der Waals surface area contributed by atoms with E-state index < -0.39 is 0 Å². The summed E-state index contributed by atoms with van der Waals surface area (Å²) in [5, 5.41) is 4.26. The molecule has 0 atom stereocenters. The van der Waals surface area contributed by atoms with E-state index in [2.05, 4.69) is 23.9 Å². The molecule has 0 aliphatic heterocycles. The number of hydrogen-bond acceptors (Lipinski definition) is 5. The predicted octanol–water partition coefficient (Wildman–Crippen LogP) is 2.82. The van der Waals surface area contributed by atoms with Gasteiger partial charge in [0.15, 0.2) is 0 Å². The number of benzene rings is 1. The Labute approximate surface area is 123 Å². The van der Waals surface area contributed by atoms with Crippen LogP contribution in [0.4, 0.5) is 5.69 Å². The fraction of sp³-hybridized carbons (Fsp3) is 0.429. The lowest BCUT2D eigenvalue weighted by Gasteiger charge is -2.10. The Morgan fingerprint density at radius 3 is 2.90 bits per heavy atom. The van der Waals surface area contributed by atoms with E-state index in [1.807, 2.05) is 22.9 Å². The fourth-order valence-corrected chi connectivity index (χ4v) is 2.75. The van der Waals surface area contributed by atoms with E-state index in [-0.39, 0.29) is 0 Å². The van der Waals surface area contributed by atoms with Crippen LogP contribution in [0.3, 0.4) is 0 Å². The molecule has 0 amide bonds. The maximum Gasteiger partial charge on any atom is 0.138 e. The summed E-state index contributed by atoms with van der Waals surface area (Å²) in [5.41, 5.74) is 6.74. The largest absolute Gasteiger partial charge is 0.497 e. The van der Waals surface area contributed by atoms with E-state index in [1.165, 1.54) is 0 Å². The van der Waals surface area contributed by atoms with Crippen LogP contribution in [0.15, 0.2) is 29.4 Å². The van der Waals surface area contributed by atoms with Crippen LogP contribution in [-0.4, -0.2) is 21.9 Å². The zero-order chi connectivity index (χ0) is 14.5. The number of rotatable bonds is 6. The van der Waals surface area contributed by atoms with Crippen molar-refractivity contribution >= 4 is 17.4 Å². The highest BCUT2D eigenvalue weighted by Gasteiger charge is 2.09. The summed E-state index contributed by atoms with van der Waals surface area (Å²) in [6.07, 6.45) is 1.60. The lowest BCUT2D eigenvalue weighted by atomic mass is 10.2. The Bertz CT molecular complexity index is 568. The minimum absolute atomic E-state index is 0.544. The van der Waals surface area contributed by atoms with Crippen molar-refractivity contribution in [3.63, 3.8) is 0 Å². The molecule has 6 heteroatoms. The Hall–Kier alpha value is -1.69. The van der Waals surface area contributed by atoms with Gasteiger partial charge in [-0.1, -0.05) is 13.8 Å². The Kier molecular flexibility index (Phi) is 4.89. The van der Waals surface area contributed by atoms with Gasteiger partial charge in [0.1, 0.15) is 17.9 Å². The summed E-state index contributed by atoms with van der Waals surface area (Å²) in [5.74, 6) is 3.06. The van der Waals surface area contributed by atoms with Crippen molar-refractivity contribution in [1.82, 2.24) is 14.8 Å². The van der Waals surface area contributed by atoms with Gasteiger partial charge >= 0.3 is 0 Å². The highest BCUT2D eigenvalue weighted by atomic mass is 32.2. The predicted molar refractivity (Wildman–Crippen MR) is 81.8 cm³/mol. The monoisotopic (exact) mass is 292 g/mol. The molecule has 1 aromatic heterocycles. The van der Waals surface area contributed by atoms with Crippen molar-refractivity contribution in [1.29, 1.82) is 0 Å². The summed E-state index contributed by atoms with van der Waals surface area (Å²) < 4.78 is 7.17. The van der Waals surface area contributed by atoms with Crippen LogP contribution in [0, 0.1) is 5.92 Å². The molecule has 108 valence electrons. The number of hydrogen-bond donors (Lipinski definition) is 1. The summed E-state index contributed by atoms with van der Waals surface area (Å²) in [4.78, 5) is 5.32. The molecule has 0 bridgehead atoms. The quantitative estimate of drug-likeness (QED) is 0.655. The molecule has 0 aliphatic rings. The topological polar surface area (TPSA) is 66.0 Å². The van der Waals surface area contributed by atoms with E-state index in [1.54, 1.807) is 25.2 Å². The second-order valence-electron chi connectivity index (χ2n) is 4.94. The molecule has 0 unspecified atom stereocenters. The minimum Gasteiger partial charge on any atom is -0.497 e. The molecule has 0 saturated heterocycles. The van der Waals surface area contributed by atoms with Crippen LogP contribution >= 0.6 is 11.8 Å². The third kappa shape index (κ3) is 3.66. The van der Waals surface area contributed by atoms with Gasteiger partial charge in [-0.25, -0.2) is 9.67 Å². The summed E-state index contributed by atoms with van der Waals surface area (Å²) in [7, 11) is 1.65. The Morgan fingerprint density at radius 2 is 2.20 bits per heavy atom. The third-order valence-electron chi connectivity index (χ3n) is 2.81. The maximum absolute atomic E-state index is 5.98. The van der Waals surface area contributed by atoms with Gasteiger partial charge in [0.25, 0.3) is 0 Å². The van der Waals surface area contributed by atoms with Crippen molar-refractivity contribution in [3.05, 3.63) is 30.4 Å². The SMILES string of the molecule is COc1ccc(N)c(SCc2ncnn2CC(C)C)c1. The molecule has 0 aliphatic carbocycles. The number of ether oxygens (including phenoxy) is 1. The smallest absolute Gasteiger partial charge is 0.138 e. The van der Waals surface area contributed by atoms with Crippen molar-refractivity contribution in [2.24, 2.45) is 5.92 Å². The van der Waals surface area contributed by atoms with E-state index in [9.17, 15) is 0 Å². The normalized spacial score (nSPS) is 11.0. The maximum atomic E-state index is 5.98. The number of nitrogens with zero attached hydrogens (tertiary/aromatic N) is 3. The molecular formula is C14H20N4OS. The van der Waals surface area contributed by atoms with Crippen molar-refractivity contribution in [3.8, 4) is 5.75 Å². The van der Waals surface area contributed by atoms with E-state index in [0.29, 0.717) is 5.92 Å². The van der Waals surface area contributed by atoms with Crippen molar-refractivity contribution < 1.29 is 4.74 Å². The molecule has 0 saturated carbocycles. The van der Waals surface area contributed by atoms with Crippen LogP contribution in [0.25, 0.3) is 0 Å². The summed E-state index contributed by atoms with van der Waals surface area (Å²) in [6.45, 7) is 5.21. The summed E-state index contributed by atoms with van der Waals surface area (Å²) >= 11 is 1.65. The molecule has 2 aromatic rings. The van der Waals surface area contributed by atoms with Crippen molar-refractivity contribution in [2.45, 2.75) is 31.0 Å². The molecule has 1 heterocycles. The second kappa shape index (κ2) is 6.65. The fourth-order valence-electron chi connectivity index (χ4n) is 1.81. The second-order valence-corrected chi connectivity index (χ2v) is 5.96. The van der Waals surface area contributed by atoms with Crippen LogP contribution in [0.2, 0.25) is 0 Å². The van der Waals surface area contributed by atoms with E-state index in [0.717, 1.165) is 34.5 Å². The first-order chi connectivity index (χ1) is 9.60. The van der Waals surface area contributed by atoms with Crippen molar-refractivity contribution in [2.75, 3.05) is 12.8 Å². The molecular weight excluding hydrogens is 272 g/mol. The van der Waals surface area contributed by atoms with Crippen LogP contribution in [-0.2, 0) is 12.3 Å². The Morgan fingerprint density at radius 1 is 1.40 bits per heavy atom. The molecule has 2 rings (SSSR count). The first kappa shape index (κ1) is 14.7. The highest BCUT2D eigenvalue weighted by molar-refractivity contribution is 7.98. The first-order valence-corrected chi connectivity index (χ1v) is 7.51. The van der Waals surface area contributed by atoms with Gasteiger partial charge in [-0.3, -0.25) is 0 Å². The Balaban J connectivity index is 2.07. The third-order valence-corrected chi connectivity index (χ3v) is 3.88. The number of aromatic nitrogens is 3. The van der Waals surface area contributed by atoms with Gasteiger partial charge in [0.05, 0.1) is 12.9 Å². The molecule has 1 aromatic carbocycles. The van der Waals surface area contributed by atoms with E-state index >= 15 is 0 Å². The molecule has 0 spiro atoms. The number of nitrogens with two attached hydrogens (primary N) is 1. The average Bonchev–Trinajstić information content (AvgIpc) is 2.84. The van der Waals surface area contributed by atoms with Gasteiger partial charge in [0, 0.05) is 17.1 Å². The zero-order valence-corrected chi connectivity index (χ0v) is 12.9. The lowest BCUT2D eigenvalue weighted by molar-refractivity contribution is 0.414. The molecule has 20 heavy (non-hydrogen) atoms. The minimum atomic E-state index is 0.544. The highest BCUT2D eigenvalue weighted by Crippen LogP contribution is 2.31. The van der Waals surface area contributed by atoms with Gasteiger partial charge < -0.3 is 10.5 Å². The van der Waals surface area contributed by atoms with Crippen LogP contribution < -0.4 is 10.5 Å². The van der Waals surface area contributed by atoms with Gasteiger partial charge in [-0.2, -0.15) is 5.10 Å². The lowest BCUT2D eigenvalue weighted by Crippen LogP contribution is -2.09. The molecule has 0 fully saturated rings. The molecule has 5 nitrogen and oxygen atoms in total. The molecule has 2 N–H and O–H groups in total. The van der Waals surface area contributed by atoms with E-state index in [4.69, 9.17) is 10.5 Å². The standard InChI is InChI=1S/C14H20N4OS/c1-10(2)7-18-14(16-9-17-18)8-20-13-6-11(19-3)4-5-12(13)15/h4-6,9-10H,7-8,15H2,1-3H3. The average molecular weight is 292 g/mol. The summed E-state index contributed by atoms with van der Waals surface area (Å²) in [6, 6.07) is 5.67. The zero-order valence-electron chi connectivity index (χ0n) is 12.0. The number of anilines is 1. The number of nitrogen functional groups attached to an aromatic ring is 1. The van der Waals surface area contributed by atoms with Crippen LogP contribution in [0.1, 0.15) is 19.7 Å². The van der Waals surface area contributed by atoms with Gasteiger partial charge in [0.2, 0.25) is 0 Å². The first-order valence-electron chi connectivity index (χ1n) is 6.53. The number of methoxy groups -OCH3 is 1. The number of thioether (sulfide) groups is 1. The van der Waals surface area contributed by atoms with Gasteiger partial charge in [-0.15, -0.1) is 11.8 Å².